The van der Waals surface area contributed by atoms with E-state index in [4.69, 9.17) is 5.73 Å². The molecule has 3 rings (SSSR count). The van der Waals surface area contributed by atoms with Crippen LogP contribution < -0.4 is 5.73 Å². The van der Waals surface area contributed by atoms with Crippen molar-refractivity contribution in [1.29, 1.82) is 0 Å². The average molecular weight is 279 g/mol. The molecule has 0 radical (unpaired) electrons. The zero-order valence-electron chi connectivity index (χ0n) is 12.6. The third kappa shape index (κ3) is 2.98. The number of benzene rings is 1. The Morgan fingerprint density at radius 1 is 1.10 bits per heavy atom. The quantitative estimate of drug-likeness (QED) is 0.792. The van der Waals surface area contributed by atoms with Crippen LogP contribution in [0.3, 0.4) is 0 Å². The van der Waals surface area contributed by atoms with Crippen LogP contribution in [0.15, 0.2) is 48.8 Å². The van der Waals surface area contributed by atoms with Crippen LogP contribution >= 0.6 is 0 Å². The molecule has 3 heteroatoms. The first-order valence-electron chi connectivity index (χ1n) is 7.42. The lowest BCUT2D eigenvalue weighted by Crippen LogP contribution is -1.96. The summed E-state index contributed by atoms with van der Waals surface area (Å²) in [5, 5.41) is 0. The van der Waals surface area contributed by atoms with Crippen LogP contribution in [0, 0.1) is 5.92 Å². The number of fused-ring (bicyclic) bond motifs is 1. The summed E-state index contributed by atoms with van der Waals surface area (Å²) in [7, 11) is 0. The number of imidazole rings is 1. The third-order valence-corrected chi connectivity index (χ3v) is 3.65. The predicted molar refractivity (Wildman–Crippen MR) is 87.1 cm³/mol. The predicted octanol–water partition coefficient (Wildman–Crippen LogP) is 3.66. The van der Waals surface area contributed by atoms with E-state index in [9.17, 15) is 0 Å². The number of aromatic nitrogens is 2. The van der Waals surface area contributed by atoms with Crippen molar-refractivity contribution in [2.45, 2.75) is 26.8 Å². The van der Waals surface area contributed by atoms with Gasteiger partial charge in [-0.1, -0.05) is 38.1 Å². The second-order valence-corrected chi connectivity index (χ2v) is 5.93. The Balaban J connectivity index is 1.92. The Kier molecular flexibility index (Phi) is 3.76. The molecule has 2 N–H and O–H groups in total. The summed E-state index contributed by atoms with van der Waals surface area (Å²) in [4.78, 5) is 4.69. The lowest BCUT2D eigenvalue weighted by molar-refractivity contribution is 0.647. The van der Waals surface area contributed by atoms with Crippen molar-refractivity contribution in [3.63, 3.8) is 0 Å². The van der Waals surface area contributed by atoms with Crippen LogP contribution in [0.1, 0.15) is 25.0 Å². The van der Waals surface area contributed by atoms with Gasteiger partial charge in [-0.3, -0.25) is 0 Å². The van der Waals surface area contributed by atoms with Gasteiger partial charge in [-0.25, -0.2) is 4.98 Å². The minimum Gasteiger partial charge on any atom is -0.326 e. The van der Waals surface area contributed by atoms with Crippen LogP contribution in [0.25, 0.3) is 16.9 Å². The first-order valence-corrected chi connectivity index (χ1v) is 7.42. The lowest BCUT2D eigenvalue weighted by Gasteiger charge is -2.05. The van der Waals surface area contributed by atoms with E-state index in [1.807, 2.05) is 22.7 Å². The fourth-order valence-electron chi connectivity index (χ4n) is 2.57. The normalized spacial score (nSPS) is 11.4. The Morgan fingerprint density at radius 3 is 2.52 bits per heavy atom. The topological polar surface area (TPSA) is 43.3 Å². The highest BCUT2D eigenvalue weighted by Crippen LogP contribution is 2.21. The van der Waals surface area contributed by atoms with Crippen LogP contribution in [0.4, 0.5) is 0 Å². The second kappa shape index (κ2) is 5.70. The van der Waals surface area contributed by atoms with Gasteiger partial charge >= 0.3 is 0 Å². The summed E-state index contributed by atoms with van der Waals surface area (Å²) in [6, 6.07) is 12.8. The molecule has 0 aliphatic heterocycles. The molecule has 0 amide bonds. The Morgan fingerprint density at radius 2 is 1.86 bits per heavy atom. The first-order chi connectivity index (χ1) is 10.2. The molecule has 2 heterocycles. The molecule has 0 aliphatic carbocycles. The second-order valence-electron chi connectivity index (χ2n) is 5.93. The summed E-state index contributed by atoms with van der Waals surface area (Å²) in [6.45, 7) is 5.03. The van der Waals surface area contributed by atoms with Gasteiger partial charge in [-0.15, -0.1) is 0 Å². The van der Waals surface area contributed by atoms with Crippen molar-refractivity contribution in [3.8, 4) is 11.3 Å². The molecule has 108 valence electrons. The first kappa shape index (κ1) is 13.8. The maximum atomic E-state index is 5.68. The molecule has 21 heavy (non-hydrogen) atoms. The summed E-state index contributed by atoms with van der Waals surface area (Å²) >= 11 is 0. The fourth-order valence-corrected chi connectivity index (χ4v) is 2.57. The third-order valence-electron chi connectivity index (χ3n) is 3.65. The van der Waals surface area contributed by atoms with Gasteiger partial charge < -0.3 is 10.1 Å². The van der Waals surface area contributed by atoms with E-state index < -0.39 is 0 Å². The number of pyridine rings is 1. The van der Waals surface area contributed by atoms with Gasteiger partial charge in [0, 0.05) is 24.5 Å². The zero-order valence-corrected chi connectivity index (χ0v) is 12.6. The Labute approximate surface area is 125 Å². The van der Waals surface area contributed by atoms with Gasteiger partial charge in [0.05, 0.1) is 5.69 Å². The highest BCUT2D eigenvalue weighted by atomic mass is 15.0. The summed E-state index contributed by atoms with van der Waals surface area (Å²) in [6.07, 6.45) is 5.19. The molecule has 0 aliphatic rings. The van der Waals surface area contributed by atoms with E-state index in [1.165, 1.54) is 5.56 Å². The number of rotatable bonds is 4. The minimum atomic E-state index is 0.544. The fraction of sp³-hybridized carbons (Fsp3) is 0.278. The van der Waals surface area contributed by atoms with Crippen LogP contribution in [-0.4, -0.2) is 9.38 Å². The summed E-state index contributed by atoms with van der Waals surface area (Å²) < 4.78 is 2.04. The van der Waals surface area contributed by atoms with E-state index in [0.29, 0.717) is 12.5 Å². The van der Waals surface area contributed by atoms with Crippen molar-refractivity contribution in [2.75, 3.05) is 0 Å². The molecule has 0 spiro atoms. The number of hydrogen-bond acceptors (Lipinski definition) is 2. The van der Waals surface area contributed by atoms with Gasteiger partial charge in [-0.05, 0) is 35.6 Å². The maximum absolute atomic E-state index is 5.68. The molecule has 0 saturated carbocycles. The number of nitrogens with two attached hydrogens (primary N) is 1. The molecule has 0 saturated heterocycles. The molecule has 1 aromatic carbocycles. The van der Waals surface area contributed by atoms with E-state index in [2.05, 4.69) is 49.3 Å². The summed E-state index contributed by atoms with van der Waals surface area (Å²) in [5.41, 5.74) is 11.3. The van der Waals surface area contributed by atoms with Gasteiger partial charge in [0.2, 0.25) is 0 Å². The highest BCUT2D eigenvalue weighted by Gasteiger charge is 2.05. The Bertz CT molecular complexity index is 739. The van der Waals surface area contributed by atoms with E-state index in [0.717, 1.165) is 28.9 Å². The Hall–Kier alpha value is -2.13. The van der Waals surface area contributed by atoms with Crippen LogP contribution in [-0.2, 0) is 13.0 Å². The molecule has 3 nitrogen and oxygen atoms in total. The standard InChI is InChI=1S/C18H21N3/c1-13(2)9-14-3-5-16(6-4-14)17-12-21-8-7-15(11-19)10-18(21)20-17/h3-8,10,12-13H,9,11,19H2,1-2H3. The van der Waals surface area contributed by atoms with Crippen molar-refractivity contribution < 1.29 is 0 Å². The highest BCUT2D eigenvalue weighted by molar-refractivity contribution is 5.63. The molecule has 0 unspecified atom stereocenters. The van der Waals surface area contributed by atoms with Crippen LogP contribution in [0.5, 0.6) is 0 Å². The lowest BCUT2D eigenvalue weighted by atomic mass is 10.0. The van der Waals surface area contributed by atoms with Crippen molar-refractivity contribution in [1.82, 2.24) is 9.38 Å². The van der Waals surface area contributed by atoms with Crippen LogP contribution in [0.2, 0.25) is 0 Å². The average Bonchev–Trinajstić information content (AvgIpc) is 2.90. The number of nitrogens with zero attached hydrogens (tertiary/aromatic N) is 2. The van der Waals surface area contributed by atoms with Crippen molar-refractivity contribution >= 4 is 5.65 Å². The van der Waals surface area contributed by atoms with Gasteiger partial charge in [0.1, 0.15) is 5.65 Å². The van der Waals surface area contributed by atoms with E-state index >= 15 is 0 Å². The monoisotopic (exact) mass is 279 g/mol. The molecule has 2 aromatic heterocycles. The maximum Gasteiger partial charge on any atom is 0.137 e. The molecule has 0 fully saturated rings. The molecule has 3 aromatic rings. The van der Waals surface area contributed by atoms with Gasteiger partial charge in [-0.2, -0.15) is 0 Å². The zero-order chi connectivity index (χ0) is 14.8. The van der Waals surface area contributed by atoms with Gasteiger partial charge in [0.25, 0.3) is 0 Å². The summed E-state index contributed by atoms with van der Waals surface area (Å²) in [5.74, 6) is 0.681. The smallest absolute Gasteiger partial charge is 0.137 e. The van der Waals surface area contributed by atoms with Gasteiger partial charge in [0.15, 0.2) is 0 Å². The molecule has 0 atom stereocenters. The minimum absolute atomic E-state index is 0.544. The molecule has 0 bridgehead atoms. The van der Waals surface area contributed by atoms with E-state index in [-0.39, 0.29) is 0 Å². The molecular weight excluding hydrogens is 258 g/mol. The number of hydrogen-bond donors (Lipinski definition) is 1. The van der Waals surface area contributed by atoms with Crippen molar-refractivity contribution in [2.24, 2.45) is 11.7 Å². The van der Waals surface area contributed by atoms with Crippen molar-refractivity contribution in [3.05, 3.63) is 59.9 Å². The SMILES string of the molecule is CC(C)Cc1ccc(-c2cn3ccc(CN)cc3n2)cc1. The largest absolute Gasteiger partial charge is 0.326 e. The van der Waals surface area contributed by atoms with E-state index in [1.54, 1.807) is 0 Å². The molecular formula is C18H21N3.